The van der Waals surface area contributed by atoms with Crippen molar-refractivity contribution in [3.8, 4) is 11.5 Å². The van der Waals surface area contributed by atoms with Gasteiger partial charge in [-0.3, -0.25) is 13.9 Å². The van der Waals surface area contributed by atoms with Crippen molar-refractivity contribution in [2.75, 3.05) is 17.1 Å². The fourth-order valence-electron chi connectivity index (χ4n) is 4.30. The number of nitrogens with one attached hydrogen (secondary N) is 1. The van der Waals surface area contributed by atoms with Gasteiger partial charge in [0.15, 0.2) is 0 Å². The van der Waals surface area contributed by atoms with Gasteiger partial charge in [0, 0.05) is 12.1 Å². The molecule has 0 saturated carbocycles. The van der Waals surface area contributed by atoms with Crippen molar-refractivity contribution in [2.45, 2.75) is 59.2 Å². The number of sulfonamides is 1. The molecule has 40 heavy (non-hydrogen) atoms. The van der Waals surface area contributed by atoms with Crippen LogP contribution in [0.1, 0.15) is 45.2 Å². The fraction of sp³-hybridized carbons (Fsp3) is 0.355. The molecule has 3 aromatic rings. The number of hydrogen-bond donors (Lipinski definition) is 1. The number of carbonyl (C=O) groups is 2. The van der Waals surface area contributed by atoms with E-state index < -0.39 is 34.1 Å². The number of rotatable bonds is 11. The lowest BCUT2D eigenvalue weighted by atomic mass is 10.0. The van der Waals surface area contributed by atoms with Crippen LogP contribution in [0.5, 0.6) is 11.5 Å². The fourth-order valence-corrected chi connectivity index (χ4v) is 5.15. The van der Waals surface area contributed by atoms with Crippen LogP contribution in [-0.4, -0.2) is 49.5 Å². The summed E-state index contributed by atoms with van der Waals surface area (Å²) in [5.74, 6) is 0.411. The normalized spacial score (nSPS) is 12.3. The molecule has 0 heterocycles. The van der Waals surface area contributed by atoms with Gasteiger partial charge < -0.3 is 15.0 Å². The van der Waals surface area contributed by atoms with E-state index in [0.29, 0.717) is 23.6 Å². The molecule has 3 rings (SSSR count). The van der Waals surface area contributed by atoms with Crippen LogP contribution < -0.4 is 14.4 Å². The highest BCUT2D eigenvalue weighted by atomic mass is 32.2. The van der Waals surface area contributed by atoms with Gasteiger partial charge >= 0.3 is 0 Å². The third-order valence-corrected chi connectivity index (χ3v) is 7.24. The van der Waals surface area contributed by atoms with Crippen LogP contribution in [0.15, 0.2) is 78.9 Å². The Morgan fingerprint density at radius 3 is 2.10 bits per heavy atom. The summed E-state index contributed by atoms with van der Waals surface area (Å²) in [4.78, 5) is 28.6. The van der Waals surface area contributed by atoms with Crippen molar-refractivity contribution < 1.29 is 22.7 Å². The van der Waals surface area contributed by atoms with Gasteiger partial charge in [-0.05, 0) is 76.1 Å². The predicted molar refractivity (Wildman–Crippen MR) is 159 cm³/mol. The van der Waals surface area contributed by atoms with Crippen molar-refractivity contribution in [3.05, 3.63) is 90.0 Å². The van der Waals surface area contributed by atoms with Crippen molar-refractivity contribution in [2.24, 2.45) is 0 Å². The highest BCUT2D eigenvalue weighted by Crippen LogP contribution is 2.26. The lowest BCUT2D eigenvalue weighted by Crippen LogP contribution is -2.55. The number of nitrogens with zero attached hydrogens (tertiary/aromatic N) is 2. The Labute approximate surface area is 238 Å². The van der Waals surface area contributed by atoms with Crippen LogP contribution in [0.2, 0.25) is 0 Å². The summed E-state index contributed by atoms with van der Waals surface area (Å²) < 4.78 is 32.6. The summed E-state index contributed by atoms with van der Waals surface area (Å²) in [6.45, 7) is 9.13. The maximum atomic E-state index is 13.9. The van der Waals surface area contributed by atoms with Gasteiger partial charge in [0.2, 0.25) is 21.8 Å². The van der Waals surface area contributed by atoms with Crippen molar-refractivity contribution in [1.82, 2.24) is 10.2 Å². The summed E-state index contributed by atoms with van der Waals surface area (Å²) in [5.41, 5.74) is 1.69. The maximum absolute atomic E-state index is 13.9. The van der Waals surface area contributed by atoms with Crippen LogP contribution in [-0.2, 0) is 26.2 Å². The van der Waals surface area contributed by atoms with Crippen molar-refractivity contribution >= 4 is 27.5 Å². The molecule has 0 spiro atoms. The third-order valence-electron chi connectivity index (χ3n) is 6.10. The van der Waals surface area contributed by atoms with Crippen molar-refractivity contribution in [1.29, 1.82) is 0 Å². The molecule has 0 unspecified atom stereocenters. The Balaban J connectivity index is 1.91. The minimum Gasteiger partial charge on any atom is -0.457 e. The van der Waals surface area contributed by atoms with Gasteiger partial charge in [-0.25, -0.2) is 8.42 Å². The molecular formula is C31H39N3O5S. The number of benzene rings is 3. The second kappa shape index (κ2) is 13.0. The van der Waals surface area contributed by atoms with E-state index in [0.717, 1.165) is 21.7 Å². The summed E-state index contributed by atoms with van der Waals surface area (Å²) in [6, 6.07) is 22.6. The molecule has 214 valence electrons. The SMILES string of the molecule is CC[C@@H](C(=O)NC(C)(C)C)N(Cc1cccc(C)c1)C(=O)CN(c1ccc(Oc2ccccc2)cc1)S(C)(=O)=O. The Kier molecular flexibility index (Phi) is 9.98. The summed E-state index contributed by atoms with van der Waals surface area (Å²) in [5, 5.41) is 2.97. The molecule has 3 aromatic carbocycles. The first-order chi connectivity index (χ1) is 18.8. The molecule has 0 radical (unpaired) electrons. The number of carbonyl (C=O) groups excluding carboxylic acids is 2. The average molecular weight is 566 g/mol. The first-order valence-electron chi connectivity index (χ1n) is 13.2. The molecule has 0 bridgehead atoms. The molecule has 0 aliphatic heterocycles. The van der Waals surface area contributed by atoms with Crippen LogP contribution in [0, 0.1) is 6.92 Å². The van der Waals surface area contributed by atoms with Crippen LogP contribution in [0.25, 0.3) is 0 Å². The number of amides is 2. The minimum absolute atomic E-state index is 0.165. The van der Waals surface area contributed by atoms with Gasteiger partial charge in [-0.15, -0.1) is 0 Å². The molecule has 2 amide bonds. The molecular weight excluding hydrogens is 526 g/mol. The number of aryl methyl sites for hydroxylation is 1. The molecule has 0 aromatic heterocycles. The Hall–Kier alpha value is -3.85. The maximum Gasteiger partial charge on any atom is 0.244 e. The monoisotopic (exact) mass is 565 g/mol. The molecule has 9 heteroatoms. The molecule has 0 aliphatic rings. The smallest absolute Gasteiger partial charge is 0.244 e. The quantitative estimate of drug-likeness (QED) is 0.342. The number of ether oxygens (including phenoxy) is 1. The Bertz CT molecular complexity index is 1400. The molecule has 1 atom stereocenters. The minimum atomic E-state index is -3.83. The highest BCUT2D eigenvalue weighted by Gasteiger charge is 2.33. The first kappa shape index (κ1) is 30.7. The molecule has 1 N–H and O–H groups in total. The number of para-hydroxylation sites is 1. The van der Waals surface area contributed by atoms with Crippen LogP contribution >= 0.6 is 0 Å². The summed E-state index contributed by atoms with van der Waals surface area (Å²) >= 11 is 0. The van der Waals surface area contributed by atoms with Crippen LogP contribution in [0.3, 0.4) is 0 Å². The zero-order valence-electron chi connectivity index (χ0n) is 24.0. The van der Waals surface area contributed by atoms with Crippen LogP contribution in [0.4, 0.5) is 5.69 Å². The first-order valence-corrected chi connectivity index (χ1v) is 15.1. The van der Waals surface area contributed by atoms with E-state index in [1.54, 1.807) is 24.3 Å². The highest BCUT2D eigenvalue weighted by molar-refractivity contribution is 7.92. The number of hydrogen-bond acceptors (Lipinski definition) is 5. The van der Waals surface area contributed by atoms with Gasteiger partial charge in [0.1, 0.15) is 24.1 Å². The summed E-state index contributed by atoms with van der Waals surface area (Å²) in [7, 11) is -3.83. The van der Waals surface area contributed by atoms with E-state index >= 15 is 0 Å². The molecule has 0 saturated heterocycles. The van der Waals surface area contributed by atoms with Gasteiger partial charge in [-0.2, -0.15) is 0 Å². The van der Waals surface area contributed by atoms with Gasteiger partial charge in [0.05, 0.1) is 11.9 Å². The third kappa shape index (κ3) is 8.84. The lowest BCUT2D eigenvalue weighted by molar-refractivity contribution is -0.141. The largest absolute Gasteiger partial charge is 0.457 e. The zero-order valence-corrected chi connectivity index (χ0v) is 24.9. The predicted octanol–water partition coefficient (Wildman–Crippen LogP) is 5.28. The van der Waals surface area contributed by atoms with Crippen molar-refractivity contribution in [3.63, 3.8) is 0 Å². The molecule has 0 fully saturated rings. The second-order valence-corrected chi connectivity index (χ2v) is 12.8. The standard InChI is InChI=1S/C31H39N3O5S/c1-7-28(30(36)32-31(3,4)5)33(21-24-13-11-12-23(2)20-24)29(35)22-34(40(6,37)38)25-16-18-27(19-17-25)39-26-14-9-8-10-15-26/h8-20,28H,7,21-22H2,1-6H3,(H,32,36)/t28-/m0/s1. The van der Waals surface area contributed by atoms with Gasteiger partial charge in [0.25, 0.3) is 0 Å². The van der Waals surface area contributed by atoms with E-state index in [2.05, 4.69) is 5.32 Å². The van der Waals surface area contributed by atoms with E-state index in [1.807, 2.05) is 89.2 Å². The topological polar surface area (TPSA) is 96.0 Å². The molecule has 0 aliphatic carbocycles. The van der Waals surface area contributed by atoms with E-state index in [-0.39, 0.29) is 12.5 Å². The lowest BCUT2D eigenvalue weighted by Gasteiger charge is -2.34. The zero-order chi connectivity index (χ0) is 29.5. The number of anilines is 1. The molecule has 8 nitrogen and oxygen atoms in total. The Morgan fingerprint density at radius 1 is 0.925 bits per heavy atom. The Morgan fingerprint density at radius 2 is 1.55 bits per heavy atom. The van der Waals surface area contributed by atoms with Gasteiger partial charge in [-0.1, -0.05) is 55.0 Å². The average Bonchev–Trinajstić information content (AvgIpc) is 2.86. The van der Waals surface area contributed by atoms with E-state index in [4.69, 9.17) is 4.74 Å². The van der Waals surface area contributed by atoms with E-state index in [9.17, 15) is 18.0 Å². The summed E-state index contributed by atoms with van der Waals surface area (Å²) in [6.07, 6.45) is 1.42. The van der Waals surface area contributed by atoms with E-state index in [1.165, 1.54) is 4.90 Å². The second-order valence-electron chi connectivity index (χ2n) is 10.9.